The standard InChI is InChI=1S/C31H34FN5O/c1-20-10-13-24-21(11-12-22-18-31(22,2)32)6-3-8-25(24)28(20)38-29-26(9-5-16-34-29)27-14-17-35-30(37-27)36-23-7-4-15-33-19-23/h3,5-6,8-10,13-14,16-17,22-23,33H,4,7,11-12,15,18-19H2,1-2H3,(H,35,36,37)/t22-,23+,31?/m1/s1. The third-order valence-electron chi connectivity index (χ3n) is 7.93. The van der Waals surface area contributed by atoms with Crippen LogP contribution >= 0.6 is 0 Å². The first-order valence-corrected chi connectivity index (χ1v) is 13.6. The summed E-state index contributed by atoms with van der Waals surface area (Å²) in [6, 6.07) is 16.6. The van der Waals surface area contributed by atoms with Gasteiger partial charge in [-0.15, -0.1) is 0 Å². The lowest BCUT2D eigenvalue weighted by Gasteiger charge is -2.23. The van der Waals surface area contributed by atoms with E-state index in [1.165, 1.54) is 5.56 Å². The normalized spacial score (nSPS) is 22.8. The molecule has 2 N–H and O–H groups in total. The van der Waals surface area contributed by atoms with Crippen LogP contribution in [0.15, 0.2) is 60.9 Å². The molecule has 0 bridgehead atoms. The van der Waals surface area contributed by atoms with Gasteiger partial charge in [-0.1, -0.05) is 30.3 Å². The first-order valence-electron chi connectivity index (χ1n) is 13.6. The summed E-state index contributed by atoms with van der Waals surface area (Å²) in [5.74, 6) is 2.06. The van der Waals surface area contributed by atoms with Crippen molar-refractivity contribution in [2.24, 2.45) is 5.92 Å². The van der Waals surface area contributed by atoms with Crippen LogP contribution in [0.4, 0.5) is 10.3 Å². The summed E-state index contributed by atoms with van der Waals surface area (Å²) in [7, 11) is 0. The number of nitrogens with zero attached hydrogens (tertiary/aromatic N) is 3. The molecule has 2 fully saturated rings. The topological polar surface area (TPSA) is 72.0 Å². The molecule has 1 saturated carbocycles. The van der Waals surface area contributed by atoms with E-state index in [4.69, 9.17) is 9.72 Å². The second-order valence-electron chi connectivity index (χ2n) is 10.9. The lowest BCUT2D eigenvalue weighted by Crippen LogP contribution is -2.38. The number of hydrogen-bond acceptors (Lipinski definition) is 6. The highest BCUT2D eigenvalue weighted by molar-refractivity contribution is 5.92. The van der Waals surface area contributed by atoms with Crippen LogP contribution in [0.1, 0.15) is 43.7 Å². The Morgan fingerprint density at radius 1 is 1.08 bits per heavy atom. The van der Waals surface area contributed by atoms with Crippen molar-refractivity contribution in [2.75, 3.05) is 18.4 Å². The second kappa shape index (κ2) is 10.3. The van der Waals surface area contributed by atoms with Crippen molar-refractivity contribution in [3.8, 4) is 22.9 Å². The van der Waals surface area contributed by atoms with Crippen LogP contribution in [0.5, 0.6) is 11.6 Å². The maximum atomic E-state index is 14.1. The number of alkyl halides is 1. The van der Waals surface area contributed by atoms with E-state index in [1.807, 2.05) is 25.1 Å². The molecule has 38 heavy (non-hydrogen) atoms. The molecule has 4 aromatic rings. The SMILES string of the molecule is Cc1ccc2c(CC[C@@H]3CC3(C)F)cccc2c1Oc1ncccc1-c1ccnc(N[C@H]2CCCNC2)n1. The monoisotopic (exact) mass is 511 g/mol. The zero-order valence-corrected chi connectivity index (χ0v) is 22.0. The number of pyridine rings is 1. The number of anilines is 1. The number of benzene rings is 2. The quantitative estimate of drug-likeness (QED) is 0.276. The van der Waals surface area contributed by atoms with Crippen LogP contribution in [0, 0.1) is 12.8 Å². The molecule has 0 radical (unpaired) electrons. The second-order valence-corrected chi connectivity index (χ2v) is 10.9. The lowest BCUT2D eigenvalue weighted by molar-refractivity contribution is 0.304. The molecule has 6 nitrogen and oxygen atoms in total. The van der Waals surface area contributed by atoms with Crippen LogP contribution < -0.4 is 15.4 Å². The molecule has 3 heterocycles. The Morgan fingerprint density at radius 2 is 1.97 bits per heavy atom. The predicted octanol–water partition coefficient (Wildman–Crippen LogP) is 6.64. The molecule has 2 aromatic heterocycles. The molecule has 6 rings (SSSR count). The zero-order chi connectivity index (χ0) is 26.1. The van der Waals surface area contributed by atoms with E-state index >= 15 is 0 Å². The van der Waals surface area contributed by atoms with Gasteiger partial charge in [-0.2, -0.15) is 0 Å². The maximum Gasteiger partial charge on any atom is 0.228 e. The number of aryl methyl sites for hydroxylation is 2. The molecule has 2 aromatic carbocycles. The fourth-order valence-electron chi connectivity index (χ4n) is 5.51. The average Bonchev–Trinajstić information content (AvgIpc) is 3.56. The van der Waals surface area contributed by atoms with Crippen LogP contribution in [-0.2, 0) is 6.42 Å². The summed E-state index contributed by atoms with van der Waals surface area (Å²) in [4.78, 5) is 13.8. The van der Waals surface area contributed by atoms with E-state index in [9.17, 15) is 4.39 Å². The summed E-state index contributed by atoms with van der Waals surface area (Å²) in [6.45, 7) is 5.73. The van der Waals surface area contributed by atoms with Crippen molar-refractivity contribution in [3.05, 3.63) is 72.1 Å². The Balaban J connectivity index is 1.29. The number of ether oxygens (including phenoxy) is 1. The van der Waals surface area contributed by atoms with Gasteiger partial charge in [0.25, 0.3) is 0 Å². The fraction of sp³-hybridized carbons (Fsp3) is 0.387. The average molecular weight is 512 g/mol. The van der Waals surface area contributed by atoms with Crippen molar-refractivity contribution < 1.29 is 9.13 Å². The molecule has 1 aliphatic carbocycles. The first kappa shape index (κ1) is 24.7. The molecule has 3 atom stereocenters. The molecular formula is C31H34FN5O. The van der Waals surface area contributed by atoms with Crippen LogP contribution in [0.3, 0.4) is 0 Å². The van der Waals surface area contributed by atoms with Gasteiger partial charge in [0.1, 0.15) is 11.4 Å². The smallest absolute Gasteiger partial charge is 0.228 e. The van der Waals surface area contributed by atoms with E-state index < -0.39 is 5.67 Å². The third kappa shape index (κ3) is 5.20. The van der Waals surface area contributed by atoms with Gasteiger partial charge in [-0.05, 0) is 93.1 Å². The third-order valence-corrected chi connectivity index (χ3v) is 7.93. The summed E-state index contributed by atoms with van der Waals surface area (Å²) in [5, 5.41) is 9.05. The van der Waals surface area contributed by atoms with E-state index in [-0.39, 0.29) is 5.92 Å². The largest absolute Gasteiger partial charge is 0.437 e. The highest BCUT2D eigenvalue weighted by atomic mass is 19.1. The van der Waals surface area contributed by atoms with E-state index in [2.05, 4.69) is 50.9 Å². The van der Waals surface area contributed by atoms with Crippen molar-refractivity contribution >= 4 is 16.7 Å². The Hall–Kier alpha value is -3.58. The molecule has 1 saturated heterocycles. The van der Waals surface area contributed by atoms with Gasteiger partial charge in [0.2, 0.25) is 11.8 Å². The maximum absolute atomic E-state index is 14.1. The Kier molecular flexibility index (Phi) is 6.70. The molecule has 196 valence electrons. The summed E-state index contributed by atoms with van der Waals surface area (Å²) in [5.41, 5.74) is 2.82. The van der Waals surface area contributed by atoms with Crippen molar-refractivity contribution in [3.63, 3.8) is 0 Å². The van der Waals surface area contributed by atoms with E-state index in [0.29, 0.717) is 24.3 Å². The van der Waals surface area contributed by atoms with Crippen LogP contribution in [0.25, 0.3) is 22.0 Å². The van der Waals surface area contributed by atoms with Crippen molar-refractivity contribution in [1.82, 2.24) is 20.3 Å². The van der Waals surface area contributed by atoms with Crippen LogP contribution in [-0.4, -0.2) is 39.8 Å². The lowest BCUT2D eigenvalue weighted by atomic mass is 9.97. The van der Waals surface area contributed by atoms with Gasteiger partial charge in [0, 0.05) is 30.4 Å². The molecule has 1 unspecified atom stereocenters. The summed E-state index contributed by atoms with van der Waals surface area (Å²) >= 11 is 0. The number of rotatable bonds is 8. The number of aromatic nitrogens is 3. The highest BCUT2D eigenvalue weighted by Crippen LogP contribution is 2.49. The minimum absolute atomic E-state index is 0.164. The van der Waals surface area contributed by atoms with Crippen molar-refractivity contribution in [2.45, 2.75) is 57.7 Å². The Bertz CT molecular complexity index is 1450. The zero-order valence-electron chi connectivity index (χ0n) is 22.0. The fourth-order valence-corrected chi connectivity index (χ4v) is 5.51. The molecule has 0 spiro atoms. The van der Waals surface area contributed by atoms with Crippen LogP contribution in [0.2, 0.25) is 0 Å². The summed E-state index contributed by atoms with van der Waals surface area (Å²) < 4.78 is 20.7. The van der Waals surface area contributed by atoms with Crippen molar-refractivity contribution in [1.29, 1.82) is 0 Å². The number of piperidine rings is 1. The number of fused-ring (bicyclic) bond motifs is 1. The van der Waals surface area contributed by atoms with Gasteiger partial charge in [0.15, 0.2) is 0 Å². The number of halogens is 1. The Morgan fingerprint density at radius 3 is 2.79 bits per heavy atom. The number of nitrogens with one attached hydrogen (secondary N) is 2. The molecule has 0 amide bonds. The van der Waals surface area contributed by atoms with Gasteiger partial charge in [-0.3, -0.25) is 0 Å². The Labute approximate surface area is 223 Å². The number of hydrogen-bond donors (Lipinski definition) is 2. The predicted molar refractivity (Wildman–Crippen MR) is 149 cm³/mol. The minimum atomic E-state index is -0.992. The minimum Gasteiger partial charge on any atom is -0.437 e. The van der Waals surface area contributed by atoms with Gasteiger partial charge < -0.3 is 15.4 Å². The molecular weight excluding hydrogens is 477 g/mol. The van der Waals surface area contributed by atoms with Gasteiger partial charge in [0.05, 0.1) is 11.3 Å². The van der Waals surface area contributed by atoms with Gasteiger partial charge in [-0.25, -0.2) is 19.3 Å². The summed E-state index contributed by atoms with van der Waals surface area (Å²) in [6.07, 6.45) is 8.13. The highest BCUT2D eigenvalue weighted by Gasteiger charge is 2.50. The van der Waals surface area contributed by atoms with E-state index in [0.717, 1.165) is 72.1 Å². The molecule has 2 aliphatic rings. The first-order chi connectivity index (χ1) is 18.5. The molecule has 7 heteroatoms. The molecule has 1 aliphatic heterocycles. The van der Waals surface area contributed by atoms with Gasteiger partial charge >= 0.3 is 0 Å². The van der Waals surface area contributed by atoms with E-state index in [1.54, 1.807) is 19.3 Å².